The molecule has 1 rings (SSSR count). The quantitative estimate of drug-likeness (QED) is 0.498. The van der Waals surface area contributed by atoms with Gasteiger partial charge in [0, 0.05) is 30.7 Å². The first-order chi connectivity index (χ1) is 9.79. The Morgan fingerprint density at radius 3 is 2.55 bits per heavy atom. The molecule has 0 bridgehead atoms. The molecule has 3 N–H and O–H groups in total. The molecule has 0 aliphatic heterocycles. The molecule has 1 saturated carbocycles. The van der Waals surface area contributed by atoms with Crippen LogP contribution in [0, 0.1) is 5.41 Å². The van der Waals surface area contributed by atoms with Crippen molar-refractivity contribution in [3.63, 3.8) is 0 Å². The normalized spacial score (nSPS) is 25.6. The number of hydrogen-bond acceptors (Lipinski definition) is 6. The van der Waals surface area contributed by atoms with E-state index in [1.807, 2.05) is 20.8 Å². The highest BCUT2D eigenvalue weighted by atomic mass is 35.5. The van der Waals surface area contributed by atoms with E-state index < -0.39 is 5.54 Å². The predicted molar refractivity (Wildman–Crippen MR) is 90.3 cm³/mol. The van der Waals surface area contributed by atoms with Crippen LogP contribution in [0.15, 0.2) is 0 Å². The Balaban J connectivity index is 0.00000441. The number of esters is 1. The van der Waals surface area contributed by atoms with Crippen molar-refractivity contribution in [3.05, 3.63) is 0 Å². The van der Waals surface area contributed by atoms with Crippen LogP contribution in [0.2, 0.25) is 0 Å². The van der Waals surface area contributed by atoms with Gasteiger partial charge in [0.2, 0.25) is 5.91 Å². The molecule has 2 unspecified atom stereocenters. The Hall–Kier alpha value is -0.500. The van der Waals surface area contributed by atoms with Gasteiger partial charge in [-0.25, -0.2) is 0 Å². The summed E-state index contributed by atoms with van der Waals surface area (Å²) in [6, 6.07) is 0. The molecule has 0 spiro atoms. The number of thioether (sulfide) groups is 1. The molecule has 1 fully saturated rings. The lowest BCUT2D eigenvalue weighted by Gasteiger charge is -2.57. The molecule has 0 saturated heterocycles. The predicted octanol–water partition coefficient (Wildman–Crippen LogP) is 0.963. The lowest BCUT2D eigenvalue weighted by molar-refractivity contribution is -0.170. The average molecular weight is 355 g/mol. The third kappa shape index (κ3) is 4.50. The molecule has 1 amide bonds. The van der Waals surface area contributed by atoms with Gasteiger partial charge in [-0.3, -0.25) is 9.59 Å². The summed E-state index contributed by atoms with van der Waals surface area (Å²) >= 11 is 1.42. The second kappa shape index (κ2) is 8.96. The third-order valence-corrected chi connectivity index (χ3v) is 5.15. The molecule has 130 valence electrons. The fraction of sp³-hybridized carbons (Fsp3) is 0.857. The van der Waals surface area contributed by atoms with Crippen molar-refractivity contribution in [1.82, 2.24) is 5.32 Å². The molecule has 6 nitrogen and oxygen atoms in total. The summed E-state index contributed by atoms with van der Waals surface area (Å²) in [5.74, 6) is 0.521. The molecule has 0 aromatic carbocycles. The largest absolute Gasteiger partial charge is 0.468 e. The van der Waals surface area contributed by atoms with Crippen molar-refractivity contribution >= 4 is 36.0 Å². The van der Waals surface area contributed by atoms with Gasteiger partial charge in [-0.2, -0.15) is 0 Å². The van der Waals surface area contributed by atoms with E-state index in [-0.39, 0.29) is 41.6 Å². The van der Waals surface area contributed by atoms with Crippen LogP contribution >= 0.6 is 24.2 Å². The van der Waals surface area contributed by atoms with E-state index in [2.05, 4.69) is 10.1 Å². The number of carbonyl (C=O) groups is 2. The van der Waals surface area contributed by atoms with Crippen LogP contribution in [0.1, 0.15) is 27.2 Å². The maximum absolute atomic E-state index is 12.3. The summed E-state index contributed by atoms with van der Waals surface area (Å²) in [6.45, 7) is 6.96. The smallest absolute Gasteiger partial charge is 0.315 e. The zero-order chi connectivity index (χ0) is 16.1. The second-order valence-electron chi connectivity index (χ2n) is 5.73. The number of carbonyl (C=O) groups excluding carboxylic acids is 2. The van der Waals surface area contributed by atoms with Gasteiger partial charge in [-0.15, -0.1) is 24.2 Å². The second-order valence-corrected chi connectivity index (χ2v) is 6.83. The van der Waals surface area contributed by atoms with Crippen molar-refractivity contribution < 1.29 is 19.1 Å². The third-order valence-electron chi connectivity index (χ3n) is 4.21. The minimum Gasteiger partial charge on any atom is -0.468 e. The molecule has 22 heavy (non-hydrogen) atoms. The Labute approximate surface area is 142 Å². The highest BCUT2D eigenvalue weighted by Crippen LogP contribution is 2.49. The van der Waals surface area contributed by atoms with Crippen LogP contribution in [0.25, 0.3) is 0 Å². The van der Waals surface area contributed by atoms with Gasteiger partial charge in [0.1, 0.15) is 5.54 Å². The maximum atomic E-state index is 12.3. The van der Waals surface area contributed by atoms with E-state index in [4.69, 9.17) is 10.5 Å². The molecular formula is C14H27ClN2O4S. The molecular weight excluding hydrogens is 328 g/mol. The number of halogens is 1. The monoisotopic (exact) mass is 354 g/mol. The van der Waals surface area contributed by atoms with Crippen LogP contribution in [-0.4, -0.2) is 55.3 Å². The first kappa shape index (κ1) is 21.5. The first-order valence-corrected chi connectivity index (χ1v) is 8.28. The first-order valence-electron chi connectivity index (χ1n) is 7.13. The van der Waals surface area contributed by atoms with E-state index >= 15 is 0 Å². The van der Waals surface area contributed by atoms with Crippen LogP contribution in [0.5, 0.6) is 0 Å². The molecule has 2 atom stereocenters. The number of rotatable bonds is 8. The zero-order valence-corrected chi connectivity index (χ0v) is 15.3. The lowest BCUT2D eigenvalue weighted by atomic mass is 9.54. The van der Waals surface area contributed by atoms with E-state index in [0.717, 1.165) is 0 Å². The van der Waals surface area contributed by atoms with Crippen molar-refractivity contribution in [2.75, 3.05) is 31.8 Å². The minimum absolute atomic E-state index is 0. The minimum atomic E-state index is -0.889. The number of methoxy groups -OCH3 is 1. The highest BCUT2D eigenvalue weighted by molar-refractivity contribution is 7.99. The van der Waals surface area contributed by atoms with Gasteiger partial charge < -0.3 is 20.5 Å². The molecule has 0 heterocycles. The van der Waals surface area contributed by atoms with Crippen LogP contribution in [0.4, 0.5) is 0 Å². The molecule has 1 aliphatic carbocycles. The van der Waals surface area contributed by atoms with E-state index in [1.165, 1.54) is 18.9 Å². The van der Waals surface area contributed by atoms with E-state index in [0.29, 0.717) is 25.3 Å². The SMILES string of the molecule is CCOC1CC(N)(C(=O)NCCSCC(=O)OC)C1(C)C.Cl. The van der Waals surface area contributed by atoms with Gasteiger partial charge >= 0.3 is 5.97 Å². The summed E-state index contributed by atoms with van der Waals surface area (Å²) in [5, 5.41) is 2.84. The summed E-state index contributed by atoms with van der Waals surface area (Å²) in [4.78, 5) is 23.2. The summed E-state index contributed by atoms with van der Waals surface area (Å²) in [7, 11) is 1.36. The molecule has 8 heteroatoms. The number of hydrogen-bond donors (Lipinski definition) is 2. The average Bonchev–Trinajstić information content (AvgIpc) is 2.45. The summed E-state index contributed by atoms with van der Waals surface area (Å²) in [5.41, 5.74) is 4.98. The topological polar surface area (TPSA) is 90.6 Å². The number of nitrogens with one attached hydrogen (secondary N) is 1. The van der Waals surface area contributed by atoms with E-state index in [9.17, 15) is 9.59 Å². The molecule has 0 aromatic heterocycles. The van der Waals surface area contributed by atoms with Gasteiger partial charge in [-0.05, 0) is 6.92 Å². The standard InChI is InChI=1S/C14H26N2O4S.ClH/c1-5-20-10-8-14(15,13(10,2)3)12(18)16-6-7-21-9-11(17)19-4;/h10H,5-9,15H2,1-4H3,(H,16,18);1H. The van der Waals surface area contributed by atoms with Gasteiger partial charge in [-0.1, -0.05) is 13.8 Å². The fourth-order valence-electron chi connectivity index (χ4n) is 2.43. The van der Waals surface area contributed by atoms with Crippen LogP contribution in [0.3, 0.4) is 0 Å². The highest BCUT2D eigenvalue weighted by Gasteiger charge is 2.62. The summed E-state index contributed by atoms with van der Waals surface area (Å²) < 4.78 is 10.1. The van der Waals surface area contributed by atoms with Crippen molar-refractivity contribution in [3.8, 4) is 0 Å². The lowest BCUT2D eigenvalue weighted by Crippen LogP contribution is -2.75. The van der Waals surface area contributed by atoms with Crippen molar-refractivity contribution in [2.24, 2.45) is 11.1 Å². The molecule has 1 aliphatic rings. The van der Waals surface area contributed by atoms with Gasteiger partial charge in [0.05, 0.1) is 19.0 Å². The Morgan fingerprint density at radius 2 is 2.05 bits per heavy atom. The van der Waals surface area contributed by atoms with Crippen molar-refractivity contribution in [2.45, 2.75) is 38.8 Å². The number of ether oxygens (including phenoxy) is 2. The number of amides is 1. The maximum Gasteiger partial charge on any atom is 0.315 e. The fourth-order valence-corrected chi connectivity index (χ4v) is 3.10. The van der Waals surface area contributed by atoms with Gasteiger partial charge in [0.25, 0.3) is 0 Å². The van der Waals surface area contributed by atoms with Crippen molar-refractivity contribution in [1.29, 1.82) is 0 Å². The Morgan fingerprint density at radius 1 is 1.41 bits per heavy atom. The Bertz CT molecular complexity index is 395. The molecule has 0 aromatic rings. The summed E-state index contributed by atoms with van der Waals surface area (Å²) in [6.07, 6.45) is 0.557. The molecule has 0 radical (unpaired) electrons. The zero-order valence-electron chi connectivity index (χ0n) is 13.6. The van der Waals surface area contributed by atoms with Crippen LogP contribution < -0.4 is 11.1 Å². The van der Waals surface area contributed by atoms with Gasteiger partial charge in [0.15, 0.2) is 0 Å². The Kier molecular flexibility index (Phi) is 8.75. The number of nitrogens with two attached hydrogens (primary N) is 1. The van der Waals surface area contributed by atoms with Crippen LogP contribution in [-0.2, 0) is 19.1 Å². The van der Waals surface area contributed by atoms with E-state index in [1.54, 1.807) is 0 Å².